The third kappa shape index (κ3) is 5.34. The molecule has 2 heterocycles. The van der Waals surface area contributed by atoms with E-state index in [2.05, 4.69) is 44.6 Å². The number of thiocarbonyl (C=S) groups is 1. The summed E-state index contributed by atoms with van der Waals surface area (Å²) in [6.07, 6.45) is 10.7. The van der Waals surface area contributed by atoms with Gasteiger partial charge in [0.25, 0.3) is 0 Å². The lowest BCUT2D eigenvalue weighted by molar-refractivity contribution is 0.147. The summed E-state index contributed by atoms with van der Waals surface area (Å²) >= 11 is 4.73. The predicted octanol–water partition coefficient (Wildman–Crippen LogP) is 3.37. The van der Waals surface area contributed by atoms with Gasteiger partial charge in [0.2, 0.25) is 0 Å². The largest absolute Gasteiger partial charge is 0.375 e. The Morgan fingerprint density at radius 2 is 1.70 bits per heavy atom. The topological polar surface area (TPSA) is 69.8 Å². The van der Waals surface area contributed by atoms with Crippen LogP contribution in [0.5, 0.6) is 0 Å². The second-order valence-electron chi connectivity index (χ2n) is 8.08. The highest BCUT2D eigenvalue weighted by atomic mass is 32.1. The van der Waals surface area contributed by atoms with Gasteiger partial charge in [-0.25, -0.2) is 4.98 Å². The Labute approximate surface area is 184 Å². The molecule has 158 valence electrons. The summed E-state index contributed by atoms with van der Waals surface area (Å²) in [5.74, 6) is 1.08. The van der Waals surface area contributed by atoms with Gasteiger partial charge in [-0.15, -0.1) is 0 Å². The van der Waals surface area contributed by atoms with Crippen LogP contribution in [0.4, 0.5) is 5.82 Å². The quantitative estimate of drug-likeness (QED) is 0.437. The number of pyridine rings is 1. The van der Waals surface area contributed by atoms with Crippen LogP contribution >= 0.6 is 12.2 Å². The van der Waals surface area contributed by atoms with Crippen molar-refractivity contribution in [2.75, 3.05) is 31.1 Å². The highest BCUT2D eigenvalue weighted by molar-refractivity contribution is 7.80. The van der Waals surface area contributed by atoms with E-state index in [1.165, 1.54) is 32.1 Å². The zero-order valence-corrected chi connectivity index (χ0v) is 18.2. The van der Waals surface area contributed by atoms with Crippen molar-refractivity contribution in [1.29, 1.82) is 0 Å². The molecular weight excluding hydrogens is 392 g/mol. The lowest BCUT2D eigenvalue weighted by atomic mass is 9.94. The Hall–Kier alpha value is -2.51. The van der Waals surface area contributed by atoms with Gasteiger partial charge < -0.3 is 10.6 Å². The van der Waals surface area contributed by atoms with Crippen molar-refractivity contribution in [2.24, 2.45) is 10.8 Å². The maximum Gasteiger partial charge on any atom is 0.184 e. The fourth-order valence-corrected chi connectivity index (χ4v) is 4.49. The lowest BCUT2D eigenvalue weighted by Crippen LogP contribution is -2.51. The molecule has 6 nitrogen and oxygen atoms in total. The molecule has 7 heteroatoms. The SMILES string of the molecule is NC(=S)N/N=C/c1ccc(-c2ccc(N3CCN(C4CCCCC4)CC3)nc2)cc1. The van der Waals surface area contributed by atoms with E-state index in [9.17, 15) is 0 Å². The molecule has 0 radical (unpaired) electrons. The molecular formula is C23H30N6S. The summed E-state index contributed by atoms with van der Waals surface area (Å²) in [6.45, 7) is 4.44. The molecule has 1 aliphatic carbocycles. The Bertz CT molecular complexity index is 850. The Morgan fingerprint density at radius 1 is 1.00 bits per heavy atom. The number of hydrogen-bond donors (Lipinski definition) is 2. The van der Waals surface area contributed by atoms with Gasteiger partial charge in [-0.3, -0.25) is 10.3 Å². The monoisotopic (exact) mass is 422 g/mol. The van der Waals surface area contributed by atoms with Crippen molar-refractivity contribution in [3.63, 3.8) is 0 Å². The molecule has 1 aromatic carbocycles. The number of nitrogens with two attached hydrogens (primary N) is 1. The standard InChI is InChI=1S/C23H30N6S/c24-23(30)27-26-16-18-6-8-19(9-7-18)20-10-11-22(25-17-20)29-14-12-28(13-15-29)21-4-2-1-3-5-21/h6-11,16-17,21H,1-5,12-15H2,(H3,24,27,30)/b26-16+. The van der Waals surface area contributed by atoms with E-state index in [1.54, 1.807) is 6.21 Å². The number of hydrazone groups is 1. The van der Waals surface area contributed by atoms with E-state index in [0.29, 0.717) is 0 Å². The summed E-state index contributed by atoms with van der Waals surface area (Å²) in [7, 11) is 0. The molecule has 1 aliphatic heterocycles. The van der Waals surface area contributed by atoms with E-state index in [-0.39, 0.29) is 5.11 Å². The molecule has 1 saturated heterocycles. The molecule has 3 N–H and O–H groups in total. The molecule has 1 aromatic heterocycles. The maximum atomic E-state index is 5.36. The summed E-state index contributed by atoms with van der Waals surface area (Å²) in [5, 5.41) is 4.14. The fourth-order valence-electron chi connectivity index (χ4n) is 4.44. The third-order valence-corrected chi connectivity index (χ3v) is 6.20. The van der Waals surface area contributed by atoms with E-state index < -0.39 is 0 Å². The smallest absolute Gasteiger partial charge is 0.184 e. The zero-order valence-electron chi connectivity index (χ0n) is 17.3. The molecule has 2 aliphatic rings. The van der Waals surface area contributed by atoms with Crippen LogP contribution in [-0.4, -0.2) is 53.4 Å². The van der Waals surface area contributed by atoms with Gasteiger partial charge in [0.15, 0.2) is 5.11 Å². The molecule has 30 heavy (non-hydrogen) atoms. The van der Waals surface area contributed by atoms with Gasteiger partial charge in [0, 0.05) is 44.0 Å². The first-order chi connectivity index (χ1) is 14.7. The molecule has 2 fully saturated rings. The molecule has 0 spiro atoms. The highest BCUT2D eigenvalue weighted by Crippen LogP contribution is 2.25. The normalized spacial score (nSPS) is 18.6. The molecule has 0 amide bonds. The van der Waals surface area contributed by atoms with E-state index in [4.69, 9.17) is 22.9 Å². The summed E-state index contributed by atoms with van der Waals surface area (Å²) in [6, 6.07) is 13.3. The minimum atomic E-state index is 0.157. The zero-order chi connectivity index (χ0) is 20.8. The Balaban J connectivity index is 1.33. The van der Waals surface area contributed by atoms with Gasteiger partial charge in [-0.1, -0.05) is 43.5 Å². The van der Waals surface area contributed by atoms with Gasteiger partial charge in [0.05, 0.1) is 6.21 Å². The Morgan fingerprint density at radius 3 is 2.33 bits per heavy atom. The van der Waals surface area contributed by atoms with Crippen LogP contribution in [0.1, 0.15) is 37.7 Å². The maximum absolute atomic E-state index is 5.36. The summed E-state index contributed by atoms with van der Waals surface area (Å²) in [5.41, 5.74) is 11.1. The minimum absolute atomic E-state index is 0.157. The first-order valence-corrected chi connectivity index (χ1v) is 11.2. The van der Waals surface area contributed by atoms with Crippen LogP contribution in [0.3, 0.4) is 0 Å². The van der Waals surface area contributed by atoms with Gasteiger partial charge >= 0.3 is 0 Å². The average molecular weight is 423 g/mol. The van der Waals surface area contributed by atoms with E-state index >= 15 is 0 Å². The number of piperazine rings is 1. The average Bonchev–Trinajstić information content (AvgIpc) is 2.80. The van der Waals surface area contributed by atoms with Crippen molar-refractivity contribution in [3.05, 3.63) is 48.2 Å². The number of nitrogens with one attached hydrogen (secondary N) is 1. The van der Waals surface area contributed by atoms with E-state index in [1.807, 2.05) is 18.3 Å². The Kier molecular flexibility index (Phi) is 6.92. The van der Waals surface area contributed by atoms with Gasteiger partial charge in [-0.2, -0.15) is 5.10 Å². The summed E-state index contributed by atoms with van der Waals surface area (Å²) < 4.78 is 0. The molecule has 1 saturated carbocycles. The highest BCUT2D eigenvalue weighted by Gasteiger charge is 2.25. The molecule has 2 aromatic rings. The van der Waals surface area contributed by atoms with Crippen molar-refractivity contribution < 1.29 is 0 Å². The first-order valence-electron chi connectivity index (χ1n) is 10.8. The van der Waals surface area contributed by atoms with Crippen molar-refractivity contribution in [2.45, 2.75) is 38.1 Å². The van der Waals surface area contributed by atoms with Crippen LogP contribution in [0.2, 0.25) is 0 Å². The molecule has 4 rings (SSSR count). The van der Waals surface area contributed by atoms with Crippen LogP contribution in [0, 0.1) is 0 Å². The molecule has 0 bridgehead atoms. The number of benzene rings is 1. The van der Waals surface area contributed by atoms with Crippen molar-refractivity contribution in [3.8, 4) is 11.1 Å². The lowest BCUT2D eigenvalue weighted by Gasteiger charge is -2.41. The number of hydrogen-bond acceptors (Lipinski definition) is 5. The summed E-state index contributed by atoms with van der Waals surface area (Å²) in [4.78, 5) is 9.86. The van der Waals surface area contributed by atoms with Gasteiger partial charge in [0.1, 0.15) is 5.82 Å². The minimum Gasteiger partial charge on any atom is -0.375 e. The first kappa shape index (κ1) is 20.8. The number of rotatable bonds is 5. The second-order valence-corrected chi connectivity index (χ2v) is 8.52. The van der Waals surface area contributed by atoms with Crippen molar-refractivity contribution in [1.82, 2.24) is 15.3 Å². The van der Waals surface area contributed by atoms with Crippen molar-refractivity contribution >= 4 is 29.4 Å². The van der Waals surface area contributed by atoms with Gasteiger partial charge in [-0.05, 0) is 48.3 Å². The number of anilines is 1. The predicted molar refractivity (Wildman–Crippen MR) is 128 cm³/mol. The van der Waals surface area contributed by atoms with Crippen LogP contribution in [0.15, 0.2) is 47.7 Å². The fraction of sp³-hybridized carbons (Fsp3) is 0.435. The molecule has 0 unspecified atom stereocenters. The number of aromatic nitrogens is 1. The van der Waals surface area contributed by atoms with Crippen LogP contribution < -0.4 is 16.1 Å². The third-order valence-electron chi connectivity index (χ3n) is 6.11. The van der Waals surface area contributed by atoms with Crippen LogP contribution in [-0.2, 0) is 0 Å². The second kappa shape index (κ2) is 10.00. The number of nitrogens with zero attached hydrogens (tertiary/aromatic N) is 4. The van der Waals surface area contributed by atoms with E-state index in [0.717, 1.165) is 54.7 Å². The van der Waals surface area contributed by atoms with Crippen LogP contribution in [0.25, 0.3) is 11.1 Å². The molecule has 0 atom stereocenters.